The summed E-state index contributed by atoms with van der Waals surface area (Å²) in [6, 6.07) is 9.35. The largest absolute Gasteiger partial charge is 0.387 e. The molecule has 1 saturated heterocycles. The van der Waals surface area contributed by atoms with Crippen LogP contribution in [0.2, 0.25) is 5.02 Å². The molecule has 0 radical (unpaired) electrons. The van der Waals surface area contributed by atoms with Crippen LogP contribution in [0.25, 0.3) is 22.6 Å². The van der Waals surface area contributed by atoms with Crippen LogP contribution in [-0.2, 0) is 16.1 Å². The number of benzene rings is 1. The van der Waals surface area contributed by atoms with Gasteiger partial charge in [-0.05, 0) is 36.2 Å². The number of nitrogens with zero attached hydrogens (tertiary/aromatic N) is 5. The van der Waals surface area contributed by atoms with E-state index < -0.39 is 30.4 Å². The van der Waals surface area contributed by atoms with Crippen molar-refractivity contribution >= 4 is 34.5 Å². The number of aryl methyl sites for hydroxylation is 1. The minimum atomic E-state index is -1.42. The number of likely N-dealkylation sites (N-methyl/N-ethyl adjacent to an activating group) is 1. The summed E-state index contributed by atoms with van der Waals surface area (Å²) in [6.45, 7) is 2.34. The van der Waals surface area contributed by atoms with E-state index in [-0.39, 0.29) is 0 Å². The van der Waals surface area contributed by atoms with Gasteiger partial charge in [-0.15, -0.1) is 0 Å². The van der Waals surface area contributed by atoms with Crippen molar-refractivity contribution in [1.29, 1.82) is 0 Å². The Balaban J connectivity index is 1.58. The first-order valence-corrected chi connectivity index (χ1v) is 11.6. The molecule has 0 aliphatic carbocycles. The van der Waals surface area contributed by atoms with E-state index in [9.17, 15) is 15.0 Å². The topological polar surface area (TPSA) is 147 Å². The molecule has 4 atom stereocenters. The number of anilines is 1. The number of carbonyl (C=O) groups is 1. The van der Waals surface area contributed by atoms with Gasteiger partial charge in [0.1, 0.15) is 12.2 Å². The molecule has 186 valence electrons. The SMILES string of the molecule is CNC(=O)[C@H]1OC(n2cnc3c(NCc4cccc(Cl)c4)nc(-c4cncc(C)c4)nc32)C(O)C1O. The zero-order valence-corrected chi connectivity index (χ0v) is 20.2. The van der Waals surface area contributed by atoms with Crippen LogP contribution in [0, 0.1) is 6.92 Å². The smallest absolute Gasteiger partial charge is 0.251 e. The predicted molar refractivity (Wildman–Crippen MR) is 132 cm³/mol. The number of hydrogen-bond donors (Lipinski definition) is 4. The molecule has 0 spiro atoms. The Morgan fingerprint density at radius 3 is 2.78 bits per heavy atom. The van der Waals surface area contributed by atoms with Gasteiger partial charge in [-0.2, -0.15) is 0 Å². The highest BCUT2D eigenvalue weighted by molar-refractivity contribution is 6.30. The summed E-state index contributed by atoms with van der Waals surface area (Å²) in [5, 5.41) is 27.4. The molecule has 12 heteroatoms. The average molecular weight is 510 g/mol. The third-order valence-corrected chi connectivity index (χ3v) is 6.16. The highest BCUT2D eigenvalue weighted by atomic mass is 35.5. The second kappa shape index (κ2) is 9.78. The van der Waals surface area contributed by atoms with E-state index in [2.05, 4.69) is 25.6 Å². The van der Waals surface area contributed by atoms with Crippen molar-refractivity contribution in [3.8, 4) is 11.4 Å². The lowest BCUT2D eigenvalue weighted by molar-refractivity contribution is -0.137. The molecule has 0 bridgehead atoms. The van der Waals surface area contributed by atoms with Gasteiger partial charge in [0, 0.05) is 36.6 Å². The fraction of sp³-hybridized carbons (Fsp3) is 0.292. The van der Waals surface area contributed by atoms with E-state index in [1.807, 2.05) is 31.2 Å². The van der Waals surface area contributed by atoms with E-state index in [1.165, 1.54) is 17.9 Å². The number of aliphatic hydroxyl groups excluding tert-OH is 2. The number of pyridine rings is 1. The van der Waals surface area contributed by atoms with Gasteiger partial charge in [-0.3, -0.25) is 14.3 Å². The molecule has 4 N–H and O–H groups in total. The number of carbonyl (C=O) groups excluding carboxylic acids is 1. The van der Waals surface area contributed by atoms with E-state index in [0.29, 0.717) is 39.9 Å². The molecular weight excluding hydrogens is 486 g/mol. The van der Waals surface area contributed by atoms with E-state index in [0.717, 1.165) is 11.1 Å². The molecule has 1 amide bonds. The van der Waals surface area contributed by atoms with Crippen LogP contribution in [-0.4, -0.2) is 66.0 Å². The minimum Gasteiger partial charge on any atom is -0.387 e. The summed E-state index contributed by atoms with van der Waals surface area (Å²) in [6.07, 6.45) is -0.312. The number of nitrogens with one attached hydrogen (secondary N) is 2. The Labute approximate surface area is 211 Å². The van der Waals surface area contributed by atoms with Crippen LogP contribution in [0.15, 0.2) is 49.1 Å². The number of ether oxygens (including phenoxy) is 1. The van der Waals surface area contributed by atoms with Gasteiger partial charge < -0.3 is 25.6 Å². The highest BCUT2D eigenvalue weighted by Crippen LogP contribution is 2.33. The summed E-state index contributed by atoms with van der Waals surface area (Å²) >= 11 is 6.13. The number of halogens is 1. The number of rotatable bonds is 6. The molecule has 1 aliphatic heterocycles. The number of imidazole rings is 1. The summed E-state index contributed by atoms with van der Waals surface area (Å²) in [7, 11) is 1.43. The molecule has 11 nitrogen and oxygen atoms in total. The Kier molecular flexibility index (Phi) is 6.54. The predicted octanol–water partition coefficient (Wildman–Crippen LogP) is 1.83. The van der Waals surface area contributed by atoms with E-state index >= 15 is 0 Å². The monoisotopic (exact) mass is 509 g/mol. The van der Waals surface area contributed by atoms with Crippen LogP contribution >= 0.6 is 11.6 Å². The summed E-state index contributed by atoms with van der Waals surface area (Å²) < 4.78 is 7.23. The Morgan fingerprint density at radius 2 is 2.03 bits per heavy atom. The van der Waals surface area contributed by atoms with Gasteiger partial charge in [0.15, 0.2) is 35.1 Å². The van der Waals surface area contributed by atoms with Crippen molar-refractivity contribution in [2.45, 2.75) is 38.0 Å². The lowest BCUT2D eigenvalue weighted by atomic mass is 10.1. The molecular formula is C24H24ClN7O4. The Morgan fingerprint density at radius 1 is 1.19 bits per heavy atom. The van der Waals surface area contributed by atoms with Gasteiger partial charge in [0.05, 0.1) is 6.33 Å². The zero-order chi connectivity index (χ0) is 25.4. The minimum absolute atomic E-state index is 0.351. The second-order valence-corrected chi connectivity index (χ2v) is 8.93. The molecule has 3 aromatic heterocycles. The lowest BCUT2D eigenvalue weighted by Gasteiger charge is -2.17. The Bertz CT molecular complexity index is 1430. The molecule has 0 saturated carbocycles. The van der Waals surface area contributed by atoms with Crippen LogP contribution in [0.5, 0.6) is 0 Å². The molecule has 4 heterocycles. The van der Waals surface area contributed by atoms with Crippen LogP contribution in [0.4, 0.5) is 5.82 Å². The first kappa shape index (κ1) is 24.1. The van der Waals surface area contributed by atoms with Crippen LogP contribution in [0.1, 0.15) is 17.4 Å². The van der Waals surface area contributed by atoms with E-state index in [1.54, 1.807) is 18.5 Å². The van der Waals surface area contributed by atoms with Crippen molar-refractivity contribution in [2.24, 2.45) is 0 Å². The van der Waals surface area contributed by atoms with Gasteiger partial charge in [-0.25, -0.2) is 15.0 Å². The van der Waals surface area contributed by atoms with Crippen molar-refractivity contribution in [1.82, 2.24) is 29.8 Å². The van der Waals surface area contributed by atoms with Gasteiger partial charge >= 0.3 is 0 Å². The lowest BCUT2D eigenvalue weighted by Crippen LogP contribution is -2.41. The van der Waals surface area contributed by atoms with Crippen molar-refractivity contribution in [3.05, 3.63) is 65.2 Å². The van der Waals surface area contributed by atoms with Crippen molar-refractivity contribution in [3.63, 3.8) is 0 Å². The molecule has 1 aliphatic rings. The number of fused-ring (bicyclic) bond motifs is 1. The molecule has 1 aromatic carbocycles. The maximum Gasteiger partial charge on any atom is 0.251 e. The summed E-state index contributed by atoms with van der Waals surface area (Å²) in [5.41, 5.74) is 3.34. The molecule has 5 rings (SSSR count). The second-order valence-electron chi connectivity index (χ2n) is 8.50. The fourth-order valence-corrected chi connectivity index (χ4v) is 4.33. The number of amides is 1. The van der Waals surface area contributed by atoms with Crippen molar-refractivity contribution < 1.29 is 19.7 Å². The average Bonchev–Trinajstić information content (AvgIpc) is 3.43. The van der Waals surface area contributed by atoms with Crippen LogP contribution in [0.3, 0.4) is 0 Å². The van der Waals surface area contributed by atoms with Gasteiger partial charge in [-0.1, -0.05) is 23.7 Å². The zero-order valence-electron chi connectivity index (χ0n) is 19.5. The first-order chi connectivity index (χ1) is 17.4. The van der Waals surface area contributed by atoms with Crippen LogP contribution < -0.4 is 10.6 Å². The third kappa shape index (κ3) is 4.49. The fourth-order valence-electron chi connectivity index (χ4n) is 4.11. The third-order valence-electron chi connectivity index (χ3n) is 5.92. The first-order valence-electron chi connectivity index (χ1n) is 11.2. The highest BCUT2D eigenvalue weighted by Gasteiger charge is 2.47. The molecule has 36 heavy (non-hydrogen) atoms. The van der Waals surface area contributed by atoms with Crippen molar-refractivity contribution in [2.75, 3.05) is 12.4 Å². The molecule has 1 fully saturated rings. The van der Waals surface area contributed by atoms with Gasteiger partial charge in [0.25, 0.3) is 5.91 Å². The number of aliphatic hydroxyl groups is 2. The Hall–Kier alpha value is -3.64. The van der Waals surface area contributed by atoms with Gasteiger partial charge in [0.2, 0.25) is 0 Å². The summed E-state index contributed by atoms with van der Waals surface area (Å²) in [5.74, 6) is 0.287. The molecule has 3 unspecified atom stereocenters. The number of aromatic nitrogens is 5. The molecule has 4 aromatic rings. The number of hydrogen-bond acceptors (Lipinski definition) is 9. The maximum atomic E-state index is 12.1. The summed E-state index contributed by atoms with van der Waals surface area (Å²) in [4.78, 5) is 30.2. The van der Waals surface area contributed by atoms with E-state index in [4.69, 9.17) is 21.3 Å². The normalized spacial score (nSPS) is 21.6. The standard InChI is InChI=1S/C24H24ClN7O4/c1-12-6-14(10-27-8-12)20-30-21(28-9-13-4-3-5-15(25)7-13)16-22(31-20)32(11-29-16)24-18(34)17(33)19(36-24)23(35)26-2/h3-8,10-11,17-19,24,33-34H,9H2,1-2H3,(H,26,35)(H,28,30,31)/t17?,18?,19-,24?/m0/s1. The maximum absolute atomic E-state index is 12.1. The quantitative estimate of drug-likeness (QED) is 0.305.